The summed E-state index contributed by atoms with van der Waals surface area (Å²) < 4.78 is 2.74. The van der Waals surface area contributed by atoms with Gasteiger partial charge in [-0.05, 0) is 47.5 Å². The first-order valence-corrected chi connectivity index (χ1v) is 6.72. The van der Waals surface area contributed by atoms with Crippen LogP contribution >= 0.6 is 27.5 Å². The normalized spacial score (nSPS) is 10.4. The number of benzene rings is 1. The van der Waals surface area contributed by atoms with E-state index in [4.69, 9.17) is 11.6 Å². The molecule has 92 valence electrons. The van der Waals surface area contributed by atoms with Crippen molar-refractivity contribution in [2.24, 2.45) is 0 Å². The SMILES string of the molecule is Cc1nn(-c2ccc(CCl)cc2C#N)c(C)c1Br. The van der Waals surface area contributed by atoms with Crippen molar-refractivity contribution < 1.29 is 0 Å². The standard InChI is InChI=1S/C13H11BrClN3/c1-8-13(14)9(2)18(17-8)12-4-3-10(6-15)5-11(12)7-16/h3-5H,6H2,1-2H3. The van der Waals surface area contributed by atoms with Crippen LogP contribution in [-0.2, 0) is 5.88 Å². The quantitative estimate of drug-likeness (QED) is 0.787. The maximum atomic E-state index is 9.22. The summed E-state index contributed by atoms with van der Waals surface area (Å²) in [5.41, 5.74) is 4.15. The van der Waals surface area contributed by atoms with E-state index in [9.17, 15) is 5.26 Å². The number of nitriles is 1. The van der Waals surface area contributed by atoms with Crippen LogP contribution in [0.25, 0.3) is 5.69 Å². The minimum absolute atomic E-state index is 0.399. The zero-order chi connectivity index (χ0) is 13.3. The van der Waals surface area contributed by atoms with E-state index in [2.05, 4.69) is 27.1 Å². The maximum Gasteiger partial charge on any atom is 0.101 e. The zero-order valence-electron chi connectivity index (χ0n) is 10.0. The van der Waals surface area contributed by atoms with E-state index >= 15 is 0 Å². The van der Waals surface area contributed by atoms with E-state index in [1.807, 2.05) is 26.0 Å². The minimum Gasteiger partial charge on any atom is -0.235 e. The molecule has 1 aromatic carbocycles. The summed E-state index contributed by atoms with van der Waals surface area (Å²) in [7, 11) is 0. The molecule has 0 aliphatic heterocycles. The summed E-state index contributed by atoms with van der Waals surface area (Å²) in [4.78, 5) is 0. The number of aryl methyl sites for hydroxylation is 1. The van der Waals surface area contributed by atoms with Crippen molar-refractivity contribution in [2.45, 2.75) is 19.7 Å². The molecule has 1 heterocycles. The van der Waals surface area contributed by atoms with E-state index in [0.29, 0.717) is 11.4 Å². The number of alkyl halides is 1. The van der Waals surface area contributed by atoms with Crippen LogP contribution in [0.2, 0.25) is 0 Å². The molecular weight excluding hydrogens is 314 g/mol. The molecule has 0 saturated heterocycles. The lowest BCUT2D eigenvalue weighted by molar-refractivity contribution is 0.830. The molecule has 0 aliphatic rings. The second-order valence-electron chi connectivity index (χ2n) is 3.99. The van der Waals surface area contributed by atoms with Gasteiger partial charge in [0.25, 0.3) is 0 Å². The minimum atomic E-state index is 0.399. The molecule has 0 N–H and O–H groups in total. The van der Waals surface area contributed by atoms with Crippen molar-refractivity contribution in [1.29, 1.82) is 5.26 Å². The number of halogens is 2. The molecule has 2 aromatic rings. The van der Waals surface area contributed by atoms with E-state index in [1.165, 1.54) is 0 Å². The zero-order valence-corrected chi connectivity index (χ0v) is 12.4. The lowest BCUT2D eigenvalue weighted by Crippen LogP contribution is -2.02. The van der Waals surface area contributed by atoms with Gasteiger partial charge in [0, 0.05) is 5.88 Å². The van der Waals surface area contributed by atoms with Crippen LogP contribution in [0.15, 0.2) is 22.7 Å². The number of nitrogens with zero attached hydrogens (tertiary/aromatic N) is 3. The van der Waals surface area contributed by atoms with Crippen molar-refractivity contribution >= 4 is 27.5 Å². The molecule has 5 heteroatoms. The Labute approximate surface area is 119 Å². The van der Waals surface area contributed by atoms with Crippen LogP contribution in [0.5, 0.6) is 0 Å². The molecule has 0 radical (unpaired) electrons. The van der Waals surface area contributed by atoms with Gasteiger partial charge in [0.15, 0.2) is 0 Å². The first-order chi connectivity index (χ1) is 8.58. The van der Waals surface area contributed by atoms with Crippen molar-refractivity contribution in [3.63, 3.8) is 0 Å². The van der Waals surface area contributed by atoms with Gasteiger partial charge >= 0.3 is 0 Å². The van der Waals surface area contributed by atoms with Crippen LogP contribution in [0.3, 0.4) is 0 Å². The fourth-order valence-corrected chi connectivity index (χ4v) is 2.21. The van der Waals surface area contributed by atoms with Crippen molar-refractivity contribution in [1.82, 2.24) is 9.78 Å². The third-order valence-corrected chi connectivity index (χ3v) is 4.22. The smallest absolute Gasteiger partial charge is 0.101 e. The molecule has 2 rings (SSSR count). The Hall–Kier alpha value is -1.31. The summed E-state index contributed by atoms with van der Waals surface area (Å²) in [6.45, 7) is 3.88. The third kappa shape index (κ3) is 2.16. The monoisotopic (exact) mass is 323 g/mol. The molecule has 0 spiro atoms. The van der Waals surface area contributed by atoms with Gasteiger partial charge in [0.05, 0.1) is 27.1 Å². The second kappa shape index (κ2) is 5.13. The summed E-state index contributed by atoms with van der Waals surface area (Å²) in [6.07, 6.45) is 0. The molecule has 0 aliphatic carbocycles. The number of hydrogen-bond acceptors (Lipinski definition) is 2. The Bertz CT molecular complexity index is 640. The van der Waals surface area contributed by atoms with E-state index in [0.717, 1.165) is 27.1 Å². The Morgan fingerprint density at radius 2 is 2.17 bits per heavy atom. The molecule has 0 fully saturated rings. The predicted octanol–water partition coefficient (Wildman–Crippen LogP) is 3.86. The molecule has 0 atom stereocenters. The molecule has 0 amide bonds. The molecule has 0 saturated carbocycles. The lowest BCUT2D eigenvalue weighted by atomic mass is 10.1. The fraction of sp³-hybridized carbons (Fsp3) is 0.231. The highest BCUT2D eigenvalue weighted by atomic mass is 79.9. The molecule has 0 unspecified atom stereocenters. The van der Waals surface area contributed by atoms with E-state index < -0.39 is 0 Å². The van der Waals surface area contributed by atoms with Gasteiger partial charge in [0.2, 0.25) is 0 Å². The summed E-state index contributed by atoms with van der Waals surface area (Å²) in [6, 6.07) is 7.78. The first-order valence-electron chi connectivity index (χ1n) is 5.39. The van der Waals surface area contributed by atoms with Gasteiger partial charge in [-0.1, -0.05) is 6.07 Å². The highest BCUT2D eigenvalue weighted by molar-refractivity contribution is 9.10. The number of hydrogen-bond donors (Lipinski definition) is 0. The Morgan fingerprint density at radius 3 is 2.67 bits per heavy atom. The lowest BCUT2D eigenvalue weighted by Gasteiger charge is -2.07. The van der Waals surface area contributed by atoms with Crippen LogP contribution in [0, 0.1) is 25.2 Å². The fourth-order valence-electron chi connectivity index (χ4n) is 1.80. The van der Waals surface area contributed by atoms with Gasteiger partial charge in [-0.3, -0.25) is 0 Å². The van der Waals surface area contributed by atoms with Crippen LogP contribution in [-0.4, -0.2) is 9.78 Å². The van der Waals surface area contributed by atoms with Gasteiger partial charge < -0.3 is 0 Å². The van der Waals surface area contributed by atoms with Gasteiger partial charge in [-0.15, -0.1) is 11.6 Å². The highest BCUT2D eigenvalue weighted by Crippen LogP contribution is 2.25. The van der Waals surface area contributed by atoms with Crippen molar-refractivity contribution in [2.75, 3.05) is 0 Å². The van der Waals surface area contributed by atoms with Gasteiger partial charge in [0.1, 0.15) is 6.07 Å². The number of aromatic nitrogens is 2. The van der Waals surface area contributed by atoms with E-state index in [-0.39, 0.29) is 0 Å². The summed E-state index contributed by atoms with van der Waals surface area (Å²) in [5.74, 6) is 0.399. The van der Waals surface area contributed by atoms with Gasteiger partial charge in [-0.2, -0.15) is 10.4 Å². The van der Waals surface area contributed by atoms with Crippen molar-refractivity contribution in [3.05, 3.63) is 45.2 Å². The average Bonchev–Trinajstić information content (AvgIpc) is 2.65. The average molecular weight is 325 g/mol. The molecule has 18 heavy (non-hydrogen) atoms. The molecule has 3 nitrogen and oxygen atoms in total. The van der Waals surface area contributed by atoms with Gasteiger partial charge in [-0.25, -0.2) is 4.68 Å². The molecular formula is C13H11BrClN3. The number of rotatable bonds is 2. The Morgan fingerprint density at radius 1 is 1.44 bits per heavy atom. The topological polar surface area (TPSA) is 41.6 Å². The maximum absolute atomic E-state index is 9.22. The Kier molecular flexibility index (Phi) is 3.74. The molecule has 1 aromatic heterocycles. The summed E-state index contributed by atoms with van der Waals surface area (Å²) >= 11 is 9.26. The highest BCUT2D eigenvalue weighted by Gasteiger charge is 2.13. The largest absolute Gasteiger partial charge is 0.235 e. The molecule has 0 bridgehead atoms. The van der Waals surface area contributed by atoms with Crippen LogP contribution in [0.4, 0.5) is 0 Å². The van der Waals surface area contributed by atoms with Crippen LogP contribution in [0.1, 0.15) is 22.5 Å². The predicted molar refractivity (Wildman–Crippen MR) is 75.0 cm³/mol. The third-order valence-electron chi connectivity index (χ3n) is 2.77. The Balaban J connectivity index is 2.64. The van der Waals surface area contributed by atoms with Crippen molar-refractivity contribution in [3.8, 4) is 11.8 Å². The van der Waals surface area contributed by atoms with E-state index in [1.54, 1.807) is 10.7 Å². The summed E-state index contributed by atoms with van der Waals surface area (Å²) in [5, 5.41) is 13.7. The second-order valence-corrected chi connectivity index (χ2v) is 5.05. The first kappa shape index (κ1) is 13.1. The van der Waals surface area contributed by atoms with Crippen LogP contribution < -0.4 is 0 Å².